The molecule has 0 bridgehead atoms. The number of allylic oxidation sites excluding steroid dienone is 1. The second kappa shape index (κ2) is 8.00. The van der Waals surface area contributed by atoms with Crippen LogP contribution in [0.3, 0.4) is 0 Å². The molecule has 2 heterocycles. The molecule has 0 saturated carbocycles. The van der Waals surface area contributed by atoms with Gasteiger partial charge in [-0.05, 0) is 43.4 Å². The molecular formula is C20H26FNO3. The predicted octanol–water partition coefficient (Wildman–Crippen LogP) is 3.98. The monoisotopic (exact) mass is 347 g/mol. The van der Waals surface area contributed by atoms with Gasteiger partial charge in [-0.3, -0.25) is 4.79 Å². The summed E-state index contributed by atoms with van der Waals surface area (Å²) in [6.45, 7) is 3.32. The molecular weight excluding hydrogens is 321 g/mol. The fraction of sp³-hybridized carbons (Fsp3) is 0.550. The summed E-state index contributed by atoms with van der Waals surface area (Å²) >= 11 is 0. The predicted molar refractivity (Wildman–Crippen MR) is 93.4 cm³/mol. The highest BCUT2D eigenvalue weighted by molar-refractivity contribution is 5.94. The lowest BCUT2D eigenvalue weighted by molar-refractivity contribution is -0.131. The van der Waals surface area contributed by atoms with E-state index >= 15 is 0 Å². The van der Waals surface area contributed by atoms with Gasteiger partial charge in [0, 0.05) is 26.1 Å². The Morgan fingerprint density at radius 2 is 2.04 bits per heavy atom. The molecule has 2 atom stereocenters. The van der Waals surface area contributed by atoms with E-state index in [4.69, 9.17) is 9.47 Å². The third-order valence-corrected chi connectivity index (χ3v) is 5.13. The zero-order valence-corrected chi connectivity index (χ0v) is 15.0. The first-order valence-corrected chi connectivity index (χ1v) is 9.09. The number of hydrogen-bond acceptors (Lipinski definition) is 3. The summed E-state index contributed by atoms with van der Waals surface area (Å²) in [5.74, 6) is 0.659. The standard InChI is InChI=1S/C20H26FNO3/c1-3-18-17(5-4-11-24-18)20(23)22(2)16-10-12-25-19(13-16)14-6-8-15(21)9-7-14/h6-9,16,19H,3-5,10-13H2,1-2H3. The van der Waals surface area contributed by atoms with Crippen molar-refractivity contribution in [3.05, 3.63) is 47.0 Å². The number of ether oxygens (including phenoxy) is 2. The quantitative estimate of drug-likeness (QED) is 0.827. The summed E-state index contributed by atoms with van der Waals surface area (Å²) < 4.78 is 24.7. The number of amides is 1. The summed E-state index contributed by atoms with van der Waals surface area (Å²) in [7, 11) is 1.87. The average Bonchev–Trinajstić information content (AvgIpc) is 2.67. The van der Waals surface area contributed by atoms with Crippen molar-refractivity contribution in [2.24, 2.45) is 0 Å². The third kappa shape index (κ3) is 4.03. The molecule has 1 amide bonds. The van der Waals surface area contributed by atoms with Crippen LogP contribution < -0.4 is 0 Å². The van der Waals surface area contributed by atoms with Crippen LogP contribution in [0.4, 0.5) is 4.39 Å². The minimum atomic E-state index is -0.250. The fourth-order valence-corrected chi connectivity index (χ4v) is 3.63. The number of nitrogens with zero attached hydrogens (tertiary/aromatic N) is 1. The Morgan fingerprint density at radius 1 is 1.28 bits per heavy atom. The Balaban J connectivity index is 1.71. The molecule has 2 aliphatic heterocycles. The summed E-state index contributed by atoms with van der Waals surface area (Å²) in [6.07, 6.45) is 3.87. The van der Waals surface area contributed by atoms with E-state index in [-0.39, 0.29) is 23.9 Å². The lowest BCUT2D eigenvalue weighted by Gasteiger charge is -2.36. The van der Waals surface area contributed by atoms with E-state index in [0.717, 1.165) is 49.0 Å². The summed E-state index contributed by atoms with van der Waals surface area (Å²) in [6, 6.07) is 6.54. The Hall–Kier alpha value is -1.88. The maximum absolute atomic E-state index is 13.1. The molecule has 0 N–H and O–H groups in total. The SMILES string of the molecule is CCC1=C(C(=O)N(C)C2CCOC(c3ccc(F)cc3)C2)CCCO1. The molecule has 3 rings (SSSR count). The van der Waals surface area contributed by atoms with Crippen LogP contribution in [0, 0.1) is 5.82 Å². The van der Waals surface area contributed by atoms with Crippen LogP contribution in [-0.2, 0) is 14.3 Å². The highest BCUT2D eigenvalue weighted by Gasteiger charge is 2.31. The van der Waals surface area contributed by atoms with Gasteiger partial charge < -0.3 is 14.4 Å². The van der Waals surface area contributed by atoms with Crippen LogP contribution in [0.1, 0.15) is 50.7 Å². The molecule has 1 aromatic carbocycles. The van der Waals surface area contributed by atoms with Crippen molar-refractivity contribution in [3.63, 3.8) is 0 Å². The van der Waals surface area contributed by atoms with Gasteiger partial charge in [0.05, 0.1) is 18.3 Å². The van der Waals surface area contributed by atoms with E-state index in [0.29, 0.717) is 13.2 Å². The minimum Gasteiger partial charge on any atom is -0.497 e. The molecule has 0 spiro atoms. The summed E-state index contributed by atoms with van der Waals surface area (Å²) in [4.78, 5) is 14.8. The molecule has 136 valence electrons. The number of carbonyl (C=O) groups excluding carboxylic acids is 1. The van der Waals surface area contributed by atoms with Gasteiger partial charge >= 0.3 is 0 Å². The zero-order chi connectivity index (χ0) is 17.8. The number of carbonyl (C=O) groups is 1. The molecule has 1 fully saturated rings. The topological polar surface area (TPSA) is 38.8 Å². The van der Waals surface area contributed by atoms with Gasteiger partial charge in [-0.1, -0.05) is 19.1 Å². The third-order valence-electron chi connectivity index (χ3n) is 5.13. The van der Waals surface area contributed by atoms with Crippen molar-refractivity contribution in [3.8, 4) is 0 Å². The van der Waals surface area contributed by atoms with Gasteiger partial charge in [0.1, 0.15) is 11.6 Å². The van der Waals surface area contributed by atoms with Gasteiger partial charge in [-0.2, -0.15) is 0 Å². The Morgan fingerprint density at radius 3 is 2.76 bits per heavy atom. The van der Waals surface area contributed by atoms with Crippen molar-refractivity contribution in [1.82, 2.24) is 4.90 Å². The number of halogens is 1. The van der Waals surface area contributed by atoms with Crippen LogP contribution in [0.2, 0.25) is 0 Å². The molecule has 1 aromatic rings. The smallest absolute Gasteiger partial charge is 0.253 e. The van der Waals surface area contributed by atoms with Gasteiger partial charge in [0.15, 0.2) is 0 Å². The molecule has 1 saturated heterocycles. The van der Waals surface area contributed by atoms with E-state index in [9.17, 15) is 9.18 Å². The number of benzene rings is 1. The number of likely N-dealkylation sites (N-methyl/N-ethyl adjacent to an activating group) is 1. The van der Waals surface area contributed by atoms with E-state index in [2.05, 4.69) is 0 Å². The Labute approximate surface area is 148 Å². The van der Waals surface area contributed by atoms with Gasteiger partial charge in [-0.25, -0.2) is 4.39 Å². The summed E-state index contributed by atoms with van der Waals surface area (Å²) in [5, 5.41) is 0. The molecule has 0 aromatic heterocycles. The first-order chi connectivity index (χ1) is 12.1. The zero-order valence-electron chi connectivity index (χ0n) is 15.0. The first kappa shape index (κ1) is 17.9. The number of hydrogen-bond donors (Lipinski definition) is 0. The highest BCUT2D eigenvalue weighted by Crippen LogP contribution is 2.32. The second-order valence-electron chi connectivity index (χ2n) is 6.71. The van der Waals surface area contributed by atoms with Gasteiger partial charge in [0.2, 0.25) is 0 Å². The molecule has 0 radical (unpaired) electrons. The van der Waals surface area contributed by atoms with Gasteiger partial charge in [0.25, 0.3) is 5.91 Å². The average molecular weight is 347 g/mol. The highest BCUT2D eigenvalue weighted by atomic mass is 19.1. The van der Waals surface area contributed by atoms with E-state index in [1.807, 2.05) is 18.9 Å². The number of rotatable bonds is 4. The van der Waals surface area contributed by atoms with Crippen molar-refractivity contribution >= 4 is 5.91 Å². The minimum absolute atomic E-state index is 0.0707. The van der Waals surface area contributed by atoms with Crippen molar-refractivity contribution in [2.45, 2.75) is 51.2 Å². The molecule has 4 nitrogen and oxygen atoms in total. The molecule has 2 aliphatic rings. The van der Waals surface area contributed by atoms with Crippen LogP contribution >= 0.6 is 0 Å². The maximum atomic E-state index is 13.1. The van der Waals surface area contributed by atoms with Crippen LogP contribution in [0.15, 0.2) is 35.6 Å². The molecule has 2 unspecified atom stereocenters. The lowest BCUT2D eigenvalue weighted by atomic mass is 9.95. The van der Waals surface area contributed by atoms with Crippen molar-refractivity contribution < 1.29 is 18.7 Å². The normalized spacial score (nSPS) is 24.0. The fourth-order valence-electron chi connectivity index (χ4n) is 3.63. The Bertz CT molecular complexity index is 641. The molecule has 5 heteroatoms. The molecule has 0 aliphatic carbocycles. The van der Waals surface area contributed by atoms with Crippen molar-refractivity contribution in [1.29, 1.82) is 0 Å². The van der Waals surface area contributed by atoms with E-state index < -0.39 is 0 Å². The Kier molecular flexibility index (Phi) is 5.74. The second-order valence-corrected chi connectivity index (χ2v) is 6.71. The first-order valence-electron chi connectivity index (χ1n) is 9.09. The van der Waals surface area contributed by atoms with Crippen molar-refractivity contribution in [2.75, 3.05) is 20.3 Å². The van der Waals surface area contributed by atoms with Gasteiger partial charge in [-0.15, -0.1) is 0 Å². The van der Waals surface area contributed by atoms with Crippen LogP contribution in [-0.4, -0.2) is 37.1 Å². The maximum Gasteiger partial charge on any atom is 0.253 e. The summed E-state index contributed by atoms with van der Waals surface area (Å²) in [5.41, 5.74) is 1.78. The lowest BCUT2D eigenvalue weighted by Crippen LogP contribution is -2.42. The van der Waals surface area contributed by atoms with E-state index in [1.54, 1.807) is 12.1 Å². The van der Waals surface area contributed by atoms with Crippen LogP contribution in [0.5, 0.6) is 0 Å². The van der Waals surface area contributed by atoms with Crippen LogP contribution in [0.25, 0.3) is 0 Å². The molecule has 25 heavy (non-hydrogen) atoms. The van der Waals surface area contributed by atoms with E-state index in [1.165, 1.54) is 12.1 Å². The largest absolute Gasteiger partial charge is 0.497 e.